The maximum absolute atomic E-state index is 6.16. The van der Waals surface area contributed by atoms with Crippen LogP contribution >= 0.6 is 11.3 Å². The molecule has 0 saturated carbocycles. The fourth-order valence-corrected chi connectivity index (χ4v) is 8.72. The second-order valence-electron chi connectivity index (χ2n) is 12.8. The third-order valence-corrected chi connectivity index (χ3v) is 11.1. The lowest BCUT2D eigenvalue weighted by molar-refractivity contribution is 0.669. The Morgan fingerprint density at radius 3 is 1.92 bits per heavy atom. The van der Waals surface area contributed by atoms with Crippen molar-refractivity contribution in [3.05, 3.63) is 158 Å². The van der Waals surface area contributed by atoms with E-state index < -0.39 is 0 Å². The number of hydrogen-bond acceptors (Lipinski definition) is 5. The highest BCUT2D eigenvalue weighted by atomic mass is 32.1. The Labute approximate surface area is 295 Å². The normalized spacial score (nSPS) is 11.9. The van der Waals surface area contributed by atoms with Gasteiger partial charge in [-0.25, -0.2) is 15.0 Å². The molecule has 0 unspecified atom stereocenters. The summed E-state index contributed by atoms with van der Waals surface area (Å²) in [4.78, 5) is 15.6. The molecule has 6 heteroatoms. The van der Waals surface area contributed by atoms with E-state index in [1.165, 1.54) is 25.6 Å². The monoisotopic (exact) mass is 670 g/mol. The summed E-state index contributed by atoms with van der Waals surface area (Å²) >= 11 is 1.78. The molecular formula is C45H26N4OS. The minimum Gasteiger partial charge on any atom is -0.456 e. The van der Waals surface area contributed by atoms with Gasteiger partial charge in [0.15, 0.2) is 17.5 Å². The van der Waals surface area contributed by atoms with Gasteiger partial charge in [0.25, 0.3) is 0 Å². The molecule has 0 radical (unpaired) electrons. The van der Waals surface area contributed by atoms with E-state index in [0.29, 0.717) is 17.5 Å². The standard InChI is InChI=1S/C45H26N4OS/c1-2-11-29(12-3-1)49-37-18-7-4-13-30(37)35-25-27(21-23-38(35)49)43-46-44(28-22-24-40-36(26-28)31-14-5-8-19-39(31)50-40)48-45(47-43)34-17-10-16-33-32-15-6-9-20-41(32)51-42(33)34/h1-26H. The summed E-state index contributed by atoms with van der Waals surface area (Å²) in [5, 5.41) is 6.88. The van der Waals surface area contributed by atoms with E-state index in [-0.39, 0.29) is 0 Å². The molecule has 0 aliphatic heterocycles. The van der Waals surface area contributed by atoms with E-state index in [1.54, 1.807) is 11.3 Å². The second kappa shape index (κ2) is 10.9. The zero-order valence-corrected chi connectivity index (χ0v) is 27.9. The lowest BCUT2D eigenvalue weighted by atomic mass is 10.1. The highest BCUT2D eigenvalue weighted by molar-refractivity contribution is 7.26. The van der Waals surface area contributed by atoms with E-state index in [4.69, 9.17) is 19.4 Å². The summed E-state index contributed by atoms with van der Waals surface area (Å²) in [5.74, 6) is 1.90. The Bertz CT molecular complexity index is 3150. The highest BCUT2D eigenvalue weighted by Gasteiger charge is 2.19. The number of furan rings is 1. The molecule has 0 saturated heterocycles. The van der Waals surface area contributed by atoms with Crippen molar-refractivity contribution in [2.45, 2.75) is 0 Å². The van der Waals surface area contributed by atoms with Crippen molar-refractivity contribution in [1.29, 1.82) is 0 Å². The molecule has 0 N–H and O–H groups in total. The summed E-state index contributed by atoms with van der Waals surface area (Å²) in [6.07, 6.45) is 0. The van der Waals surface area contributed by atoms with E-state index >= 15 is 0 Å². The van der Waals surface area contributed by atoms with Gasteiger partial charge in [0.2, 0.25) is 0 Å². The van der Waals surface area contributed by atoms with Crippen molar-refractivity contribution in [2.75, 3.05) is 0 Å². The van der Waals surface area contributed by atoms with Crippen LogP contribution in [-0.4, -0.2) is 19.5 Å². The summed E-state index contributed by atoms with van der Waals surface area (Å²) in [5.41, 5.74) is 7.95. The van der Waals surface area contributed by atoms with E-state index in [0.717, 1.165) is 60.7 Å². The van der Waals surface area contributed by atoms with Crippen LogP contribution in [0.2, 0.25) is 0 Å². The van der Waals surface area contributed by atoms with Gasteiger partial charge >= 0.3 is 0 Å². The van der Waals surface area contributed by atoms with Gasteiger partial charge in [-0.15, -0.1) is 11.3 Å². The summed E-state index contributed by atoms with van der Waals surface area (Å²) in [6.45, 7) is 0. The second-order valence-corrected chi connectivity index (χ2v) is 13.9. The highest BCUT2D eigenvalue weighted by Crippen LogP contribution is 2.41. The SMILES string of the molecule is c1ccc(-n2c3ccccc3c3cc(-c4nc(-c5ccc6oc7ccccc7c6c5)nc(-c5cccc6c5sc5ccccc56)n4)ccc32)cc1. The number of rotatable bonds is 4. The average molecular weight is 671 g/mol. The topological polar surface area (TPSA) is 56.7 Å². The number of benzene rings is 7. The molecule has 0 fully saturated rings. The Morgan fingerprint density at radius 2 is 1.06 bits per heavy atom. The zero-order valence-electron chi connectivity index (χ0n) is 27.1. The van der Waals surface area contributed by atoms with Gasteiger partial charge in [0.05, 0.1) is 11.0 Å². The minimum atomic E-state index is 0.618. The molecule has 0 aliphatic rings. The van der Waals surface area contributed by atoms with Crippen molar-refractivity contribution < 1.29 is 4.42 Å². The average Bonchev–Trinajstić information content (AvgIpc) is 3.87. The van der Waals surface area contributed by atoms with Crippen LogP contribution in [0.25, 0.3) is 104 Å². The molecule has 238 valence electrons. The Morgan fingerprint density at radius 1 is 0.431 bits per heavy atom. The van der Waals surface area contributed by atoms with Crippen LogP contribution in [0, 0.1) is 0 Å². The smallest absolute Gasteiger partial charge is 0.165 e. The Balaban J connectivity index is 1.16. The molecule has 11 rings (SSSR count). The molecular weight excluding hydrogens is 645 g/mol. The maximum Gasteiger partial charge on any atom is 0.165 e. The predicted molar refractivity (Wildman–Crippen MR) is 211 cm³/mol. The molecule has 0 spiro atoms. The van der Waals surface area contributed by atoms with Crippen LogP contribution in [0.4, 0.5) is 0 Å². The lowest BCUT2D eigenvalue weighted by Gasteiger charge is -2.10. The molecule has 5 nitrogen and oxygen atoms in total. The first kappa shape index (κ1) is 28.2. The zero-order chi connectivity index (χ0) is 33.5. The third kappa shape index (κ3) is 4.37. The molecule has 0 aliphatic carbocycles. The van der Waals surface area contributed by atoms with Crippen LogP contribution in [0.3, 0.4) is 0 Å². The molecule has 51 heavy (non-hydrogen) atoms. The van der Waals surface area contributed by atoms with Crippen LogP contribution in [-0.2, 0) is 0 Å². The molecule has 0 amide bonds. The molecule has 11 aromatic rings. The summed E-state index contributed by atoms with van der Waals surface area (Å²) in [7, 11) is 0. The van der Waals surface area contributed by atoms with Crippen LogP contribution in [0.15, 0.2) is 162 Å². The van der Waals surface area contributed by atoms with Crippen LogP contribution < -0.4 is 0 Å². The number of fused-ring (bicyclic) bond motifs is 9. The lowest BCUT2D eigenvalue weighted by Crippen LogP contribution is -2.00. The van der Waals surface area contributed by atoms with Gasteiger partial charge in [0, 0.05) is 64.1 Å². The summed E-state index contributed by atoms with van der Waals surface area (Å²) < 4.78 is 10.9. The van der Waals surface area contributed by atoms with Crippen LogP contribution in [0.1, 0.15) is 0 Å². The quantitative estimate of drug-likeness (QED) is 0.187. The molecule has 0 bridgehead atoms. The van der Waals surface area contributed by atoms with E-state index in [2.05, 4.69) is 132 Å². The molecule has 0 atom stereocenters. The first-order valence-corrected chi connectivity index (χ1v) is 17.8. The van der Waals surface area contributed by atoms with Crippen molar-refractivity contribution in [1.82, 2.24) is 19.5 Å². The summed E-state index contributed by atoms with van der Waals surface area (Å²) in [6, 6.07) is 55.0. The van der Waals surface area contributed by atoms with Gasteiger partial charge < -0.3 is 8.98 Å². The van der Waals surface area contributed by atoms with E-state index in [9.17, 15) is 0 Å². The number of hydrogen-bond donors (Lipinski definition) is 0. The fraction of sp³-hybridized carbons (Fsp3) is 0. The molecule has 7 aromatic carbocycles. The van der Waals surface area contributed by atoms with Gasteiger partial charge in [-0.1, -0.05) is 84.9 Å². The predicted octanol–water partition coefficient (Wildman–Crippen LogP) is 12.2. The fourth-order valence-electron chi connectivity index (χ4n) is 7.51. The largest absolute Gasteiger partial charge is 0.456 e. The number of para-hydroxylation sites is 3. The van der Waals surface area contributed by atoms with Crippen molar-refractivity contribution in [2.24, 2.45) is 0 Å². The van der Waals surface area contributed by atoms with Crippen LogP contribution in [0.5, 0.6) is 0 Å². The minimum absolute atomic E-state index is 0.618. The molecule has 4 aromatic heterocycles. The van der Waals surface area contributed by atoms with E-state index in [1.807, 2.05) is 30.3 Å². The van der Waals surface area contributed by atoms with Gasteiger partial charge in [0.1, 0.15) is 11.2 Å². The van der Waals surface area contributed by atoms with Crippen molar-refractivity contribution >= 4 is 75.3 Å². The first-order valence-electron chi connectivity index (χ1n) is 16.9. The third-order valence-electron chi connectivity index (χ3n) is 9.86. The molecule has 4 heterocycles. The van der Waals surface area contributed by atoms with Crippen molar-refractivity contribution in [3.8, 4) is 39.9 Å². The first-order chi connectivity index (χ1) is 25.3. The number of nitrogens with zero attached hydrogens (tertiary/aromatic N) is 4. The number of aromatic nitrogens is 4. The van der Waals surface area contributed by atoms with Gasteiger partial charge in [-0.2, -0.15) is 0 Å². The Kier molecular flexibility index (Phi) is 6.05. The number of thiophene rings is 1. The van der Waals surface area contributed by atoms with Crippen molar-refractivity contribution in [3.63, 3.8) is 0 Å². The van der Waals surface area contributed by atoms with Gasteiger partial charge in [-0.3, -0.25) is 0 Å². The van der Waals surface area contributed by atoms with Gasteiger partial charge in [-0.05, 0) is 72.8 Å². The Hall–Kier alpha value is -6.63. The maximum atomic E-state index is 6.16.